The lowest BCUT2D eigenvalue weighted by Gasteiger charge is -2.35. The number of aryl methyl sites for hydroxylation is 2. The molecule has 0 N–H and O–H groups in total. The van der Waals surface area contributed by atoms with E-state index in [4.69, 9.17) is 0 Å². The quantitative estimate of drug-likeness (QED) is 0.692. The minimum absolute atomic E-state index is 0.0296. The van der Waals surface area contributed by atoms with Gasteiger partial charge in [-0.05, 0) is 31.2 Å². The molecule has 1 aromatic carbocycles. The molecule has 1 aliphatic heterocycles. The van der Waals surface area contributed by atoms with Crippen LogP contribution in [-0.2, 0) is 7.05 Å². The SMILES string of the molecule is Cc1cccc(C(=O)N2CCN(c3nc4cccnc4n(C)c3=O)CC2)c1. The fourth-order valence-corrected chi connectivity index (χ4v) is 3.43. The molecule has 1 saturated heterocycles. The highest BCUT2D eigenvalue weighted by Gasteiger charge is 2.25. The topological polar surface area (TPSA) is 71.3 Å². The first-order valence-electron chi connectivity index (χ1n) is 8.97. The van der Waals surface area contributed by atoms with Gasteiger partial charge < -0.3 is 9.80 Å². The van der Waals surface area contributed by atoms with Crippen molar-refractivity contribution in [1.29, 1.82) is 0 Å². The first-order valence-corrected chi connectivity index (χ1v) is 8.97. The van der Waals surface area contributed by atoms with Crippen molar-refractivity contribution in [3.63, 3.8) is 0 Å². The Kier molecular flexibility index (Phi) is 4.35. The Morgan fingerprint density at radius 3 is 2.59 bits per heavy atom. The number of hydrogen-bond acceptors (Lipinski definition) is 5. The van der Waals surface area contributed by atoms with Crippen LogP contribution >= 0.6 is 0 Å². The van der Waals surface area contributed by atoms with Crippen LogP contribution in [0.5, 0.6) is 0 Å². The molecule has 1 aliphatic rings. The number of benzene rings is 1. The molecule has 138 valence electrons. The van der Waals surface area contributed by atoms with E-state index in [1.807, 2.05) is 53.1 Å². The maximum absolute atomic E-state index is 12.7. The van der Waals surface area contributed by atoms with Crippen molar-refractivity contribution in [3.05, 3.63) is 64.1 Å². The number of piperazine rings is 1. The van der Waals surface area contributed by atoms with Gasteiger partial charge in [0.15, 0.2) is 11.5 Å². The number of carbonyl (C=O) groups is 1. The van der Waals surface area contributed by atoms with Crippen LogP contribution in [0.2, 0.25) is 0 Å². The van der Waals surface area contributed by atoms with Crippen molar-refractivity contribution in [2.75, 3.05) is 31.1 Å². The van der Waals surface area contributed by atoms with Gasteiger partial charge in [0, 0.05) is 45.0 Å². The number of rotatable bonds is 2. The van der Waals surface area contributed by atoms with E-state index in [2.05, 4.69) is 9.97 Å². The fraction of sp³-hybridized carbons (Fsp3) is 0.300. The molecule has 27 heavy (non-hydrogen) atoms. The average Bonchev–Trinajstić information content (AvgIpc) is 2.70. The molecule has 4 rings (SSSR count). The highest BCUT2D eigenvalue weighted by Crippen LogP contribution is 2.15. The first-order chi connectivity index (χ1) is 13.0. The Labute approximate surface area is 156 Å². The van der Waals surface area contributed by atoms with E-state index in [0.29, 0.717) is 48.7 Å². The second-order valence-electron chi connectivity index (χ2n) is 6.79. The molecular weight excluding hydrogens is 342 g/mol. The maximum Gasteiger partial charge on any atom is 0.294 e. The standard InChI is InChI=1S/C20H21N5O2/c1-14-5-3-6-15(13-14)19(26)25-11-9-24(10-12-25)18-20(27)23(2)17-16(22-18)7-4-8-21-17/h3-8,13H,9-12H2,1-2H3. The molecule has 1 amide bonds. The number of amides is 1. The summed E-state index contributed by atoms with van der Waals surface area (Å²) in [6.45, 7) is 4.24. The van der Waals surface area contributed by atoms with E-state index in [1.54, 1.807) is 13.2 Å². The summed E-state index contributed by atoms with van der Waals surface area (Å²) in [6.07, 6.45) is 1.65. The first kappa shape index (κ1) is 17.2. The Balaban J connectivity index is 1.54. The van der Waals surface area contributed by atoms with Gasteiger partial charge in [0.05, 0.1) is 0 Å². The summed E-state index contributed by atoms with van der Waals surface area (Å²) in [7, 11) is 1.71. The number of carbonyl (C=O) groups excluding carboxylic acids is 1. The van der Waals surface area contributed by atoms with Gasteiger partial charge in [-0.25, -0.2) is 9.97 Å². The third-order valence-electron chi connectivity index (χ3n) is 4.94. The molecule has 0 aliphatic carbocycles. The average molecular weight is 363 g/mol. The highest BCUT2D eigenvalue weighted by molar-refractivity contribution is 5.94. The van der Waals surface area contributed by atoms with Gasteiger partial charge in [0.25, 0.3) is 11.5 Å². The molecule has 3 heterocycles. The minimum atomic E-state index is -0.167. The van der Waals surface area contributed by atoms with E-state index in [0.717, 1.165) is 5.56 Å². The molecule has 7 nitrogen and oxygen atoms in total. The lowest BCUT2D eigenvalue weighted by atomic mass is 10.1. The van der Waals surface area contributed by atoms with Crippen molar-refractivity contribution in [1.82, 2.24) is 19.4 Å². The van der Waals surface area contributed by atoms with E-state index in [-0.39, 0.29) is 11.5 Å². The zero-order valence-electron chi connectivity index (χ0n) is 15.4. The molecule has 0 bridgehead atoms. The maximum atomic E-state index is 12.7. The van der Waals surface area contributed by atoms with Crippen LogP contribution in [-0.4, -0.2) is 51.5 Å². The van der Waals surface area contributed by atoms with Crippen molar-refractivity contribution in [3.8, 4) is 0 Å². The summed E-state index contributed by atoms with van der Waals surface area (Å²) in [5.41, 5.74) is 2.86. The second kappa shape index (κ2) is 6.83. The highest BCUT2D eigenvalue weighted by atomic mass is 16.2. The Morgan fingerprint density at radius 2 is 1.85 bits per heavy atom. The Morgan fingerprint density at radius 1 is 1.07 bits per heavy atom. The second-order valence-corrected chi connectivity index (χ2v) is 6.79. The minimum Gasteiger partial charge on any atom is -0.348 e. The van der Waals surface area contributed by atoms with Crippen LogP contribution in [0.4, 0.5) is 5.82 Å². The van der Waals surface area contributed by atoms with Gasteiger partial charge in [-0.3, -0.25) is 14.2 Å². The zero-order chi connectivity index (χ0) is 19.0. The van der Waals surface area contributed by atoms with Crippen molar-refractivity contribution in [2.24, 2.45) is 7.05 Å². The third kappa shape index (κ3) is 3.16. The predicted molar refractivity (Wildman–Crippen MR) is 104 cm³/mol. The van der Waals surface area contributed by atoms with Crippen LogP contribution < -0.4 is 10.5 Å². The van der Waals surface area contributed by atoms with Gasteiger partial charge in [0.2, 0.25) is 0 Å². The number of pyridine rings is 1. The molecule has 0 unspecified atom stereocenters. The summed E-state index contributed by atoms with van der Waals surface area (Å²) in [4.78, 5) is 37.9. The van der Waals surface area contributed by atoms with Gasteiger partial charge in [-0.1, -0.05) is 17.7 Å². The number of fused-ring (bicyclic) bond motifs is 1. The monoisotopic (exact) mass is 363 g/mol. The summed E-state index contributed by atoms with van der Waals surface area (Å²) >= 11 is 0. The summed E-state index contributed by atoms with van der Waals surface area (Å²) < 4.78 is 1.53. The molecule has 3 aromatic rings. The number of aromatic nitrogens is 3. The fourth-order valence-electron chi connectivity index (χ4n) is 3.43. The van der Waals surface area contributed by atoms with Crippen LogP contribution in [0.15, 0.2) is 47.4 Å². The lowest BCUT2D eigenvalue weighted by Crippen LogP contribution is -2.50. The van der Waals surface area contributed by atoms with Crippen molar-refractivity contribution < 1.29 is 4.79 Å². The van der Waals surface area contributed by atoms with Crippen LogP contribution in [0.25, 0.3) is 11.2 Å². The predicted octanol–water partition coefficient (Wildman–Crippen LogP) is 1.60. The number of hydrogen-bond donors (Lipinski definition) is 0. The summed E-state index contributed by atoms with van der Waals surface area (Å²) in [6, 6.07) is 11.3. The molecule has 1 fully saturated rings. The zero-order valence-corrected chi connectivity index (χ0v) is 15.4. The van der Waals surface area contributed by atoms with Crippen LogP contribution in [0.1, 0.15) is 15.9 Å². The van der Waals surface area contributed by atoms with Gasteiger partial charge in [0.1, 0.15) is 5.52 Å². The number of anilines is 1. The molecule has 2 aromatic heterocycles. The Bertz CT molecular complexity index is 1070. The molecule has 0 saturated carbocycles. The van der Waals surface area contributed by atoms with Crippen molar-refractivity contribution >= 4 is 22.9 Å². The molecule has 0 spiro atoms. The summed E-state index contributed by atoms with van der Waals surface area (Å²) in [5.74, 6) is 0.447. The van der Waals surface area contributed by atoms with Gasteiger partial charge in [-0.15, -0.1) is 0 Å². The van der Waals surface area contributed by atoms with Crippen LogP contribution in [0, 0.1) is 6.92 Å². The van der Waals surface area contributed by atoms with Gasteiger partial charge >= 0.3 is 0 Å². The summed E-state index contributed by atoms with van der Waals surface area (Å²) in [5, 5.41) is 0. The largest absolute Gasteiger partial charge is 0.348 e. The smallest absolute Gasteiger partial charge is 0.294 e. The van der Waals surface area contributed by atoms with E-state index >= 15 is 0 Å². The normalized spacial score (nSPS) is 14.6. The van der Waals surface area contributed by atoms with E-state index in [9.17, 15) is 9.59 Å². The third-order valence-corrected chi connectivity index (χ3v) is 4.94. The molecule has 0 radical (unpaired) electrons. The Hall–Kier alpha value is -3.22. The molecule has 0 atom stereocenters. The number of nitrogens with zero attached hydrogens (tertiary/aromatic N) is 5. The lowest BCUT2D eigenvalue weighted by molar-refractivity contribution is 0.0746. The van der Waals surface area contributed by atoms with Crippen LogP contribution in [0.3, 0.4) is 0 Å². The van der Waals surface area contributed by atoms with Crippen molar-refractivity contribution in [2.45, 2.75) is 6.92 Å². The molecule has 7 heteroatoms. The van der Waals surface area contributed by atoms with E-state index < -0.39 is 0 Å². The molecular formula is C20H21N5O2. The van der Waals surface area contributed by atoms with E-state index in [1.165, 1.54) is 4.57 Å². The van der Waals surface area contributed by atoms with Gasteiger partial charge in [-0.2, -0.15) is 0 Å².